The fraction of sp³-hybridized carbons (Fsp3) is 0.0357. The van der Waals surface area contributed by atoms with Crippen molar-refractivity contribution in [2.75, 3.05) is 0 Å². The van der Waals surface area contributed by atoms with E-state index in [-0.39, 0.29) is 11.5 Å². The van der Waals surface area contributed by atoms with Crippen molar-refractivity contribution in [2.45, 2.75) is 6.54 Å². The second kappa shape index (κ2) is 7.96. The number of nitrogens with zero attached hydrogens (tertiary/aromatic N) is 1. The number of aromatic hydroxyl groups is 1. The van der Waals surface area contributed by atoms with Crippen molar-refractivity contribution in [1.82, 2.24) is 4.57 Å². The van der Waals surface area contributed by atoms with Crippen molar-refractivity contribution in [2.24, 2.45) is 0 Å². The van der Waals surface area contributed by atoms with E-state index in [4.69, 9.17) is 0 Å². The SMILES string of the molecule is O=C(c1ccccc1)c1c(-c2ccccc2)n(Cc2ccccc2)c2ccc(O)cc12. The summed E-state index contributed by atoms with van der Waals surface area (Å²) in [6, 6.07) is 34.8. The number of carbonyl (C=O) groups is 1. The molecule has 1 heterocycles. The van der Waals surface area contributed by atoms with Gasteiger partial charge in [0.25, 0.3) is 0 Å². The lowest BCUT2D eigenvalue weighted by Gasteiger charge is -2.13. The average Bonchev–Trinajstić information content (AvgIpc) is 3.13. The van der Waals surface area contributed by atoms with E-state index in [2.05, 4.69) is 16.7 Å². The van der Waals surface area contributed by atoms with Gasteiger partial charge in [0.2, 0.25) is 0 Å². The van der Waals surface area contributed by atoms with Crippen LogP contribution in [0.15, 0.2) is 109 Å². The van der Waals surface area contributed by atoms with Crippen LogP contribution in [0.5, 0.6) is 5.75 Å². The largest absolute Gasteiger partial charge is 0.508 e. The Morgan fingerprint density at radius 1 is 0.742 bits per heavy atom. The van der Waals surface area contributed by atoms with E-state index >= 15 is 0 Å². The molecule has 5 aromatic rings. The number of rotatable bonds is 5. The second-order valence-corrected chi connectivity index (χ2v) is 7.56. The fourth-order valence-electron chi connectivity index (χ4n) is 4.13. The van der Waals surface area contributed by atoms with Gasteiger partial charge < -0.3 is 9.67 Å². The molecule has 1 N–H and O–H groups in total. The highest BCUT2D eigenvalue weighted by Crippen LogP contribution is 2.37. The van der Waals surface area contributed by atoms with Crippen LogP contribution in [0.1, 0.15) is 21.5 Å². The van der Waals surface area contributed by atoms with Crippen LogP contribution in [-0.2, 0) is 6.54 Å². The van der Waals surface area contributed by atoms with Gasteiger partial charge in [-0.2, -0.15) is 0 Å². The smallest absolute Gasteiger partial charge is 0.195 e. The van der Waals surface area contributed by atoms with Crippen molar-refractivity contribution < 1.29 is 9.90 Å². The molecule has 0 amide bonds. The molecule has 0 saturated carbocycles. The molecule has 4 aromatic carbocycles. The van der Waals surface area contributed by atoms with E-state index in [0.717, 1.165) is 27.7 Å². The Bertz CT molecular complexity index is 1350. The fourth-order valence-corrected chi connectivity index (χ4v) is 4.13. The van der Waals surface area contributed by atoms with Gasteiger partial charge in [0, 0.05) is 23.0 Å². The van der Waals surface area contributed by atoms with Gasteiger partial charge in [0.05, 0.1) is 11.3 Å². The molecule has 0 aliphatic rings. The van der Waals surface area contributed by atoms with Crippen LogP contribution in [0, 0.1) is 0 Å². The summed E-state index contributed by atoms with van der Waals surface area (Å²) in [6.07, 6.45) is 0. The van der Waals surface area contributed by atoms with Gasteiger partial charge >= 0.3 is 0 Å². The molecule has 0 bridgehead atoms. The molecule has 0 aliphatic carbocycles. The minimum atomic E-state index is -0.0538. The molecular formula is C28H21NO2. The summed E-state index contributed by atoms with van der Waals surface area (Å²) in [6.45, 7) is 0.619. The number of phenols is 1. The Morgan fingerprint density at radius 3 is 2.03 bits per heavy atom. The first-order valence-corrected chi connectivity index (χ1v) is 10.3. The van der Waals surface area contributed by atoms with E-state index in [1.807, 2.05) is 84.9 Å². The molecule has 0 spiro atoms. The van der Waals surface area contributed by atoms with Crippen molar-refractivity contribution >= 4 is 16.7 Å². The highest BCUT2D eigenvalue weighted by molar-refractivity contribution is 6.20. The third kappa shape index (κ3) is 3.51. The lowest BCUT2D eigenvalue weighted by molar-refractivity contribution is 0.104. The molecule has 150 valence electrons. The number of fused-ring (bicyclic) bond motifs is 1. The number of benzene rings is 4. The molecular weight excluding hydrogens is 382 g/mol. The average molecular weight is 403 g/mol. The minimum absolute atomic E-state index is 0.0538. The van der Waals surface area contributed by atoms with Crippen LogP contribution >= 0.6 is 0 Å². The first kappa shape index (κ1) is 18.9. The molecule has 3 heteroatoms. The molecule has 5 rings (SSSR count). The zero-order valence-electron chi connectivity index (χ0n) is 16.9. The van der Waals surface area contributed by atoms with Gasteiger partial charge in [-0.1, -0.05) is 91.0 Å². The Kier molecular flexibility index (Phi) is 4.85. The van der Waals surface area contributed by atoms with Crippen molar-refractivity contribution in [3.63, 3.8) is 0 Å². The van der Waals surface area contributed by atoms with Gasteiger partial charge in [-0.25, -0.2) is 0 Å². The van der Waals surface area contributed by atoms with Gasteiger partial charge in [0.1, 0.15) is 5.75 Å². The summed E-state index contributed by atoms with van der Waals surface area (Å²) >= 11 is 0. The van der Waals surface area contributed by atoms with E-state index in [0.29, 0.717) is 17.7 Å². The number of hydrogen-bond donors (Lipinski definition) is 1. The molecule has 1 aromatic heterocycles. The normalized spacial score (nSPS) is 11.0. The second-order valence-electron chi connectivity index (χ2n) is 7.56. The van der Waals surface area contributed by atoms with Crippen LogP contribution in [0.3, 0.4) is 0 Å². The monoisotopic (exact) mass is 403 g/mol. The van der Waals surface area contributed by atoms with Crippen molar-refractivity contribution in [3.05, 3.63) is 126 Å². The molecule has 3 nitrogen and oxygen atoms in total. The summed E-state index contributed by atoms with van der Waals surface area (Å²) in [4.78, 5) is 13.7. The summed E-state index contributed by atoms with van der Waals surface area (Å²) in [7, 11) is 0. The topological polar surface area (TPSA) is 42.2 Å². The van der Waals surface area contributed by atoms with Gasteiger partial charge in [-0.3, -0.25) is 4.79 Å². The van der Waals surface area contributed by atoms with E-state index in [9.17, 15) is 9.90 Å². The number of hydrogen-bond acceptors (Lipinski definition) is 2. The third-order valence-electron chi connectivity index (χ3n) is 5.54. The van der Waals surface area contributed by atoms with Gasteiger partial charge in [0.15, 0.2) is 5.78 Å². The summed E-state index contributed by atoms with van der Waals surface area (Å²) in [5, 5.41) is 11.0. The van der Waals surface area contributed by atoms with E-state index in [1.165, 1.54) is 0 Å². The zero-order chi connectivity index (χ0) is 21.2. The van der Waals surface area contributed by atoms with Crippen LogP contribution in [0.2, 0.25) is 0 Å². The van der Waals surface area contributed by atoms with Gasteiger partial charge in [-0.15, -0.1) is 0 Å². The molecule has 0 radical (unpaired) electrons. The van der Waals surface area contributed by atoms with Crippen LogP contribution in [0.25, 0.3) is 22.2 Å². The van der Waals surface area contributed by atoms with Crippen molar-refractivity contribution in [3.8, 4) is 17.0 Å². The lowest BCUT2D eigenvalue weighted by atomic mass is 9.97. The predicted octanol–water partition coefficient (Wildman–Crippen LogP) is 6.29. The molecule has 0 saturated heterocycles. The molecule has 0 atom stereocenters. The summed E-state index contributed by atoms with van der Waals surface area (Å²) in [5.74, 6) is 0.0907. The maximum atomic E-state index is 13.7. The van der Waals surface area contributed by atoms with E-state index in [1.54, 1.807) is 12.1 Å². The molecule has 31 heavy (non-hydrogen) atoms. The first-order valence-electron chi connectivity index (χ1n) is 10.3. The zero-order valence-corrected chi connectivity index (χ0v) is 16.9. The lowest BCUT2D eigenvalue weighted by Crippen LogP contribution is -2.06. The standard InChI is InChI=1S/C28H21NO2/c30-23-16-17-25-24(18-23)26(28(31)22-14-8-3-9-15-22)27(21-12-6-2-7-13-21)29(25)19-20-10-4-1-5-11-20/h1-18,30H,19H2. The number of ketones is 1. The quantitative estimate of drug-likeness (QED) is 0.350. The Labute approximate surface area is 180 Å². The van der Waals surface area contributed by atoms with Crippen LogP contribution in [-0.4, -0.2) is 15.5 Å². The minimum Gasteiger partial charge on any atom is -0.508 e. The Morgan fingerprint density at radius 2 is 1.35 bits per heavy atom. The highest BCUT2D eigenvalue weighted by Gasteiger charge is 2.25. The van der Waals surface area contributed by atoms with E-state index < -0.39 is 0 Å². The number of carbonyl (C=O) groups excluding carboxylic acids is 1. The third-order valence-corrected chi connectivity index (χ3v) is 5.54. The highest BCUT2D eigenvalue weighted by atomic mass is 16.3. The molecule has 0 unspecified atom stereocenters. The van der Waals surface area contributed by atoms with Gasteiger partial charge in [-0.05, 0) is 29.3 Å². The Balaban J connectivity index is 1.84. The maximum Gasteiger partial charge on any atom is 0.195 e. The van der Waals surface area contributed by atoms with Crippen molar-refractivity contribution in [1.29, 1.82) is 0 Å². The first-order chi connectivity index (χ1) is 15.2. The Hall–Kier alpha value is -4.11. The molecule has 0 fully saturated rings. The summed E-state index contributed by atoms with van der Waals surface area (Å²) in [5.41, 5.74) is 5.12. The molecule has 0 aliphatic heterocycles. The maximum absolute atomic E-state index is 13.7. The van der Waals surface area contributed by atoms with Crippen LogP contribution in [0.4, 0.5) is 0 Å². The number of phenolic OH excluding ortho intramolecular Hbond substituents is 1. The van der Waals surface area contributed by atoms with Crippen LogP contribution < -0.4 is 0 Å². The predicted molar refractivity (Wildman–Crippen MR) is 124 cm³/mol. The summed E-state index contributed by atoms with van der Waals surface area (Å²) < 4.78 is 2.18. The number of aromatic nitrogens is 1.